The van der Waals surface area contributed by atoms with E-state index in [1.54, 1.807) is 12.1 Å². The van der Waals surface area contributed by atoms with Crippen molar-refractivity contribution in [1.29, 1.82) is 0 Å². The standard InChI is InChI=1S/C19H20N2O3/c1-3-5-18(23)20-13-7-8-14(16(22)11-13)19-21-15-10-12(4-2)6-9-17(15)24-19/h6-11,22H,3-5H2,1-2H3,(H,20,23). The van der Waals surface area contributed by atoms with Crippen LogP contribution in [0.3, 0.4) is 0 Å². The highest BCUT2D eigenvalue weighted by atomic mass is 16.3. The van der Waals surface area contributed by atoms with E-state index in [4.69, 9.17) is 4.42 Å². The van der Waals surface area contributed by atoms with Gasteiger partial charge >= 0.3 is 0 Å². The normalized spacial score (nSPS) is 10.9. The molecule has 0 bridgehead atoms. The van der Waals surface area contributed by atoms with Crippen LogP contribution in [0.4, 0.5) is 5.69 Å². The van der Waals surface area contributed by atoms with E-state index >= 15 is 0 Å². The Labute approximate surface area is 140 Å². The SMILES string of the molecule is CCCC(=O)Nc1ccc(-c2nc3cc(CC)ccc3o2)c(O)c1. The number of benzene rings is 2. The van der Waals surface area contributed by atoms with E-state index in [0.717, 1.165) is 18.4 Å². The first-order chi connectivity index (χ1) is 11.6. The lowest BCUT2D eigenvalue weighted by Gasteiger charge is -2.06. The summed E-state index contributed by atoms with van der Waals surface area (Å²) in [4.78, 5) is 16.1. The Balaban J connectivity index is 1.90. The minimum atomic E-state index is -0.0707. The molecule has 0 atom stereocenters. The Morgan fingerprint density at radius 3 is 2.75 bits per heavy atom. The second kappa shape index (κ2) is 6.74. The zero-order chi connectivity index (χ0) is 17.1. The number of phenolic OH excluding ortho intramolecular Hbond substituents is 1. The van der Waals surface area contributed by atoms with Gasteiger partial charge in [-0.1, -0.05) is 19.9 Å². The van der Waals surface area contributed by atoms with Crippen LogP contribution in [0, 0.1) is 0 Å². The van der Waals surface area contributed by atoms with Crippen LogP contribution in [0.1, 0.15) is 32.3 Å². The number of anilines is 1. The van der Waals surface area contributed by atoms with Gasteiger partial charge in [0.05, 0.1) is 5.56 Å². The van der Waals surface area contributed by atoms with Crippen LogP contribution in [0.5, 0.6) is 5.75 Å². The zero-order valence-corrected chi connectivity index (χ0v) is 13.8. The molecule has 1 heterocycles. The number of phenols is 1. The number of nitrogens with zero attached hydrogens (tertiary/aromatic N) is 1. The lowest BCUT2D eigenvalue weighted by Crippen LogP contribution is -2.10. The number of hydrogen-bond donors (Lipinski definition) is 2. The number of oxazole rings is 1. The molecule has 0 saturated heterocycles. The molecule has 3 rings (SSSR count). The average Bonchev–Trinajstić information content (AvgIpc) is 2.97. The van der Waals surface area contributed by atoms with Gasteiger partial charge in [0.15, 0.2) is 5.58 Å². The largest absolute Gasteiger partial charge is 0.507 e. The molecular weight excluding hydrogens is 304 g/mol. The Morgan fingerprint density at radius 1 is 1.21 bits per heavy atom. The third kappa shape index (κ3) is 3.25. The summed E-state index contributed by atoms with van der Waals surface area (Å²) >= 11 is 0. The lowest BCUT2D eigenvalue weighted by atomic mass is 10.1. The van der Waals surface area contributed by atoms with Gasteiger partial charge in [-0.05, 0) is 42.7 Å². The molecule has 24 heavy (non-hydrogen) atoms. The topological polar surface area (TPSA) is 75.4 Å². The number of hydrogen-bond acceptors (Lipinski definition) is 4. The Bertz CT molecular complexity index is 883. The van der Waals surface area contributed by atoms with E-state index in [0.29, 0.717) is 29.1 Å². The van der Waals surface area contributed by atoms with Crippen molar-refractivity contribution in [3.05, 3.63) is 42.0 Å². The highest BCUT2D eigenvalue weighted by Crippen LogP contribution is 2.33. The fourth-order valence-corrected chi connectivity index (χ4v) is 2.55. The summed E-state index contributed by atoms with van der Waals surface area (Å²) in [5, 5.41) is 13.0. The number of fused-ring (bicyclic) bond motifs is 1. The highest BCUT2D eigenvalue weighted by molar-refractivity contribution is 5.91. The van der Waals surface area contributed by atoms with Crippen LogP contribution < -0.4 is 5.32 Å². The molecular formula is C19H20N2O3. The van der Waals surface area contributed by atoms with Gasteiger partial charge in [-0.3, -0.25) is 4.79 Å². The predicted molar refractivity (Wildman–Crippen MR) is 94.0 cm³/mol. The number of nitrogens with one attached hydrogen (secondary N) is 1. The number of aromatic hydroxyl groups is 1. The van der Waals surface area contributed by atoms with Gasteiger partial charge in [0.1, 0.15) is 11.3 Å². The molecule has 5 nitrogen and oxygen atoms in total. The summed E-state index contributed by atoms with van der Waals surface area (Å²) < 4.78 is 5.74. The van der Waals surface area contributed by atoms with E-state index in [1.165, 1.54) is 11.6 Å². The quantitative estimate of drug-likeness (QED) is 0.724. The maximum Gasteiger partial charge on any atom is 0.231 e. The molecule has 0 fully saturated rings. The molecule has 0 radical (unpaired) electrons. The summed E-state index contributed by atoms with van der Waals surface area (Å²) in [7, 11) is 0. The van der Waals surface area contributed by atoms with E-state index in [-0.39, 0.29) is 11.7 Å². The number of amides is 1. The third-order valence-corrected chi connectivity index (χ3v) is 3.85. The lowest BCUT2D eigenvalue weighted by molar-refractivity contribution is -0.116. The molecule has 0 unspecified atom stereocenters. The number of aryl methyl sites for hydroxylation is 1. The summed E-state index contributed by atoms with van der Waals surface area (Å²) in [6, 6.07) is 10.8. The van der Waals surface area contributed by atoms with Crippen LogP contribution in [-0.4, -0.2) is 16.0 Å². The summed E-state index contributed by atoms with van der Waals surface area (Å²) in [6.45, 7) is 4.02. The van der Waals surface area contributed by atoms with Crippen molar-refractivity contribution in [2.75, 3.05) is 5.32 Å². The van der Waals surface area contributed by atoms with Gasteiger partial charge in [-0.15, -0.1) is 0 Å². The summed E-state index contributed by atoms with van der Waals surface area (Å²) in [5.41, 5.74) is 3.68. The maximum atomic E-state index is 11.6. The van der Waals surface area contributed by atoms with Crippen molar-refractivity contribution in [3.8, 4) is 17.2 Å². The molecule has 2 N–H and O–H groups in total. The minimum absolute atomic E-state index is 0.0200. The van der Waals surface area contributed by atoms with Gasteiger partial charge in [0, 0.05) is 18.2 Å². The molecule has 0 aliphatic rings. The molecule has 3 aromatic rings. The van der Waals surface area contributed by atoms with Crippen LogP contribution in [0.25, 0.3) is 22.6 Å². The smallest absolute Gasteiger partial charge is 0.231 e. The van der Waals surface area contributed by atoms with Crippen molar-refractivity contribution >= 4 is 22.7 Å². The highest BCUT2D eigenvalue weighted by Gasteiger charge is 2.13. The third-order valence-electron chi connectivity index (χ3n) is 3.85. The maximum absolute atomic E-state index is 11.6. The minimum Gasteiger partial charge on any atom is -0.507 e. The molecule has 1 amide bonds. The van der Waals surface area contributed by atoms with Gasteiger partial charge in [0.25, 0.3) is 0 Å². The number of aromatic nitrogens is 1. The van der Waals surface area contributed by atoms with E-state index in [1.807, 2.05) is 25.1 Å². The first-order valence-corrected chi connectivity index (χ1v) is 8.13. The first kappa shape index (κ1) is 16.1. The molecule has 124 valence electrons. The first-order valence-electron chi connectivity index (χ1n) is 8.13. The van der Waals surface area contributed by atoms with E-state index in [2.05, 4.69) is 17.2 Å². The molecule has 2 aromatic carbocycles. The number of carbonyl (C=O) groups is 1. The van der Waals surface area contributed by atoms with Crippen molar-refractivity contribution < 1.29 is 14.3 Å². The van der Waals surface area contributed by atoms with Crippen LogP contribution in [0.2, 0.25) is 0 Å². The molecule has 1 aromatic heterocycles. The predicted octanol–water partition coefficient (Wildman–Crippen LogP) is 4.50. The van der Waals surface area contributed by atoms with Gasteiger partial charge in [0.2, 0.25) is 11.8 Å². The van der Waals surface area contributed by atoms with Gasteiger partial charge in [-0.2, -0.15) is 0 Å². The van der Waals surface area contributed by atoms with Crippen LogP contribution in [0.15, 0.2) is 40.8 Å². The average molecular weight is 324 g/mol. The fourth-order valence-electron chi connectivity index (χ4n) is 2.55. The van der Waals surface area contributed by atoms with Crippen LogP contribution in [-0.2, 0) is 11.2 Å². The van der Waals surface area contributed by atoms with E-state index < -0.39 is 0 Å². The summed E-state index contributed by atoms with van der Waals surface area (Å²) in [5.74, 6) is 0.312. The molecule has 0 aliphatic carbocycles. The summed E-state index contributed by atoms with van der Waals surface area (Å²) in [6.07, 6.45) is 2.15. The second-order valence-corrected chi connectivity index (χ2v) is 5.70. The van der Waals surface area contributed by atoms with Gasteiger partial charge in [-0.25, -0.2) is 4.98 Å². The van der Waals surface area contributed by atoms with Crippen molar-refractivity contribution in [3.63, 3.8) is 0 Å². The molecule has 0 aliphatic heterocycles. The zero-order valence-electron chi connectivity index (χ0n) is 13.8. The number of carbonyl (C=O) groups excluding carboxylic acids is 1. The Hall–Kier alpha value is -2.82. The van der Waals surface area contributed by atoms with Crippen molar-refractivity contribution in [2.45, 2.75) is 33.1 Å². The van der Waals surface area contributed by atoms with E-state index in [9.17, 15) is 9.90 Å². The molecule has 0 saturated carbocycles. The van der Waals surface area contributed by atoms with Crippen LogP contribution >= 0.6 is 0 Å². The second-order valence-electron chi connectivity index (χ2n) is 5.70. The van der Waals surface area contributed by atoms with Crippen molar-refractivity contribution in [1.82, 2.24) is 4.98 Å². The monoisotopic (exact) mass is 324 g/mol. The Kier molecular flexibility index (Phi) is 4.51. The van der Waals surface area contributed by atoms with Crippen molar-refractivity contribution in [2.24, 2.45) is 0 Å². The molecule has 0 spiro atoms. The Morgan fingerprint density at radius 2 is 2.04 bits per heavy atom. The molecule has 5 heteroatoms. The van der Waals surface area contributed by atoms with Gasteiger partial charge < -0.3 is 14.8 Å². The number of rotatable bonds is 5. The fraction of sp³-hybridized carbons (Fsp3) is 0.263.